The topological polar surface area (TPSA) is 152 Å². The Morgan fingerprint density at radius 1 is 0.984 bits per heavy atom. The van der Waals surface area contributed by atoms with E-state index in [1.807, 2.05) is 111 Å². The van der Waals surface area contributed by atoms with Gasteiger partial charge in [-0.1, -0.05) is 54.6 Å². The number of hydrogen-bond donors (Lipinski definition) is 3. The lowest BCUT2D eigenvalue weighted by Crippen LogP contribution is -2.49. The summed E-state index contributed by atoms with van der Waals surface area (Å²) in [5.41, 5.74) is 4.03. The van der Waals surface area contributed by atoms with Crippen molar-refractivity contribution in [3.05, 3.63) is 125 Å². The van der Waals surface area contributed by atoms with Gasteiger partial charge in [-0.3, -0.25) is 19.2 Å². The molecule has 0 radical (unpaired) electrons. The van der Waals surface area contributed by atoms with Crippen LogP contribution in [0.1, 0.15) is 67.0 Å². The minimum Gasteiger partial charge on any atom is -0.497 e. The van der Waals surface area contributed by atoms with Crippen LogP contribution in [0.25, 0.3) is 0 Å². The van der Waals surface area contributed by atoms with Gasteiger partial charge in [0.05, 0.1) is 62.0 Å². The Hall–Kier alpha value is -5.45. The normalized spacial score (nSPS) is 22.2. The van der Waals surface area contributed by atoms with Gasteiger partial charge in [0.15, 0.2) is 5.60 Å². The quantitative estimate of drug-likeness (QED) is 0.0469. The summed E-state index contributed by atoms with van der Waals surface area (Å²) in [4.78, 5) is 33.1. The number of amides is 2. The van der Waals surface area contributed by atoms with Crippen molar-refractivity contribution in [1.82, 2.24) is 20.3 Å². The molecule has 6 atom stereocenters. The number of hydrogen-bond acceptors (Lipinski definition) is 10. The van der Waals surface area contributed by atoms with Crippen molar-refractivity contribution in [1.29, 1.82) is 0 Å². The molecule has 0 saturated carbocycles. The SMILES string of the molecule is CCOc1ccc2c(c1)CC(NCCCCO)C(=O)N2c1cccc(CN2C(=O)[C@]3(O[C@H](CCn4cc(C(CO)c5ccccc5)nn4)[C@@H]([Si](C)(C)F)[C@@H]3C)c3cc(OC)ccc32)c1. The molecule has 15 heteroatoms. The Kier molecular flexibility index (Phi) is 13.4. The van der Waals surface area contributed by atoms with Crippen LogP contribution in [0.4, 0.5) is 21.2 Å². The summed E-state index contributed by atoms with van der Waals surface area (Å²) >= 11 is 0. The summed E-state index contributed by atoms with van der Waals surface area (Å²) in [5.74, 6) is 0.0603. The van der Waals surface area contributed by atoms with Crippen molar-refractivity contribution < 1.29 is 38.1 Å². The van der Waals surface area contributed by atoms with Gasteiger partial charge >= 0.3 is 0 Å². The van der Waals surface area contributed by atoms with Gasteiger partial charge in [-0.05, 0) is 117 Å². The average Bonchev–Trinajstić information content (AvgIpc) is 3.95. The van der Waals surface area contributed by atoms with E-state index in [0.29, 0.717) is 67.3 Å². The van der Waals surface area contributed by atoms with Crippen LogP contribution in [0.3, 0.4) is 0 Å². The molecule has 4 heterocycles. The standard InChI is InChI=1S/C49H59FN6O7Si/c1-6-62-38-18-19-43-35(26-38)27-41(51-22-10-11-24-57)47(59)56(43)36-16-12-13-33(25-36)29-55-44-20-17-37(61-3)28-40(44)49(48(55)60)32(2)46(64(4,5)50)45(63-49)21-23-54-30-42(52-53-54)39(31-58)34-14-8-7-9-15-34/h7-9,12-20,25-26,28,30,32,39,41,45-46,51,57-58H,6,10-11,21-24,27,29,31H2,1-5H3/t32-,39?,41?,45+,46-,49+/m0/s1. The first kappa shape index (κ1) is 45.1. The van der Waals surface area contributed by atoms with Crippen LogP contribution in [-0.2, 0) is 39.4 Å². The molecular weight excluding hydrogens is 832 g/mol. The summed E-state index contributed by atoms with van der Waals surface area (Å²) < 4.78 is 37.0. The second-order valence-corrected chi connectivity index (χ2v) is 21.4. The number of halogens is 1. The molecule has 13 nitrogen and oxygen atoms in total. The summed E-state index contributed by atoms with van der Waals surface area (Å²) in [6.45, 7) is 8.85. The molecule has 1 saturated heterocycles. The van der Waals surface area contributed by atoms with Crippen LogP contribution in [0.5, 0.6) is 11.5 Å². The van der Waals surface area contributed by atoms with Crippen molar-refractivity contribution in [3.63, 3.8) is 0 Å². The highest BCUT2D eigenvalue weighted by Crippen LogP contribution is 2.61. The van der Waals surface area contributed by atoms with Crippen LogP contribution >= 0.6 is 0 Å². The van der Waals surface area contributed by atoms with E-state index in [0.717, 1.165) is 34.5 Å². The predicted molar refractivity (Wildman–Crippen MR) is 245 cm³/mol. The number of unbranched alkanes of at least 4 members (excludes halogenated alkanes) is 1. The summed E-state index contributed by atoms with van der Waals surface area (Å²) in [7, 11) is -1.89. The highest BCUT2D eigenvalue weighted by atomic mass is 28.4. The third kappa shape index (κ3) is 8.59. The minimum absolute atomic E-state index is 0.0911. The molecule has 1 spiro atoms. The van der Waals surface area contributed by atoms with Gasteiger partial charge in [-0.15, -0.1) is 5.10 Å². The number of aliphatic hydroxyl groups excluding tert-OH is 2. The van der Waals surface area contributed by atoms with E-state index in [4.69, 9.17) is 14.2 Å². The lowest BCUT2D eigenvalue weighted by molar-refractivity contribution is -0.146. The number of fused-ring (bicyclic) bond motifs is 3. The van der Waals surface area contributed by atoms with Gasteiger partial charge in [0, 0.05) is 42.1 Å². The molecular formula is C49H59FN6O7Si. The highest BCUT2D eigenvalue weighted by molar-refractivity contribution is 6.72. The Morgan fingerprint density at radius 2 is 1.77 bits per heavy atom. The maximum absolute atomic E-state index is 16.7. The molecule has 1 fully saturated rings. The van der Waals surface area contributed by atoms with E-state index in [-0.39, 0.29) is 37.5 Å². The summed E-state index contributed by atoms with van der Waals surface area (Å²) in [6.07, 6.45) is 3.46. The number of ether oxygens (including phenoxy) is 3. The van der Waals surface area contributed by atoms with Gasteiger partial charge in [-0.25, -0.2) is 0 Å². The summed E-state index contributed by atoms with van der Waals surface area (Å²) in [5, 5.41) is 31.8. The fourth-order valence-corrected chi connectivity index (χ4v) is 12.7. The van der Waals surface area contributed by atoms with Crippen LogP contribution < -0.4 is 24.6 Å². The van der Waals surface area contributed by atoms with Crippen LogP contribution in [0, 0.1) is 5.92 Å². The number of aryl methyl sites for hydroxylation is 1. The van der Waals surface area contributed by atoms with Crippen molar-refractivity contribution in [2.75, 3.05) is 43.3 Å². The van der Waals surface area contributed by atoms with E-state index >= 15 is 8.90 Å². The zero-order chi connectivity index (χ0) is 45.2. The van der Waals surface area contributed by atoms with Crippen LogP contribution in [-0.4, -0.2) is 91.0 Å². The number of aromatic nitrogens is 3. The molecule has 3 aliphatic heterocycles. The zero-order valence-corrected chi connectivity index (χ0v) is 38.2. The monoisotopic (exact) mass is 890 g/mol. The number of carbonyl (C=O) groups is 2. The molecule has 5 aromatic rings. The summed E-state index contributed by atoms with van der Waals surface area (Å²) in [6, 6.07) is 28.2. The zero-order valence-electron chi connectivity index (χ0n) is 37.2. The number of carbonyl (C=O) groups excluding carboxylic acids is 2. The fourth-order valence-electron chi connectivity index (χ4n) is 10.2. The van der Waals surface area contributed by atoms with Gasteiger partial charge in [-0.2, -0.15) is 0 Å². The van der Waals surface area contributed by atoms with Crippen LogP contribution in [0.15, 0.2) is 97.2 Å². The first-order valence-electron chi connectivity index (χ1n) is 22.4. The Bertz CT molecular complexity index is 2450. The molecule has 4 aromatic carbocycles. The second-order valence-electron chi connectivity index (χ2n) is 17.6. The van der Waals surface area contributed by atoms with E-state index in [2.05, 4.69) is 15.6 Å². The number of nitrogens with one attached hydrogen (secondary N) is 1. The lowest BCUT2D eigenvalue weighted by atomic mass is 9.82. The molecule has 0 bridgehead atoms. The van der Waals surface area contributed by atoms with Crippen molar-refractivity contribution in [2.24, 2.45) is 5.92 Å². The van der Waals surface area contributed by atoms with Crippen molar-refractivity contribution >= 4 is 37.3 Å². The van der Waals surface area contributed by atoms with Gasteiger partial charge < -0.3 is 38.7 Å². The lowest BCUT2D eigenvalue weighted by Gasteiger charge is -2.35. The van der Waals surface area contributed by atoms with Crippen LogP contribution in [0.2, 0.25) is 18.6 Å². The maximum atomic E-state index is 16.7. The van der Waals surface area contributed by atoms with Crippen molar-refractivity contribution in [2.45, 2.75) is 94.9 Å². The molecule has 64 heavy (non-hydrogen) atoms. The number of aliphatic hydroxyl groups is 2. The number of methoxy groups -OCH3 is 1. The van der Waals surface area contributed by atoms with E-state index < -0.39 is 37.6 Å². The largest absolute Gasteiger partial charge is 0.497 e. The molecule has 1 aromatic heterocycles. The smallest absolute Gasteiger partial charge is 0.264 e. The Balaban J connectivity index is 1.09. The van der Waals surface area contributed by atoms with Crippen molar-refractivity contribution in [3.8, 4) is 11.5 Å². The molecule has 3 aliphatic rings. The third-order valence-corrected chi connectivity index (χ3v) is 15.6. The second kappa shape index (κ2) is 18.9. The average molecular weight is 891 g/mol. The van der Waals surface area contributed by atoms with Gasteiger partial charge in [0.2, 0.25) is 14.3 Å². The van der Waals surface area contributed by atoms with E-state index in [1.165, 1.54) is 0 Å². The van der Waals surface area contributed by atoms with Gasteiger partial charge in [0.1, 0.15) is 11.5 Å². The predicted octanol–water partition coefficient (Wildman–Crippen LogP) is 7.17. The molecule has 0 aliphatic carbocycles. The number of anilines is 3. The van der Waals surface area contributed by atoms with E-state index in [1.54, 1.807) is 34.7 Å². The molecule has 2 unspecified atom stereocenters. The highest BCUT2D eigenvalue weighted by Gasteiger charge is 2.66. The number of nitrogens with zero attached hydrogens (tertiary/aromatic N) is 5. The first-order valence-corrected chi connectivity index (χ1v) is 25.3. The van der Waals surface area contributed by atoms with E-state index in [9.17, 15) is 15.0 Å². The van der Waals surface area contributed by atoms with Gasteiger partial charge in [0.25, 0.3) is 5.91 Å². The fraction of sp³-hybridized carbons (Fsp3) is 0.429. The molecule has 8 rings (SSSR count). The number of rotatable bonds is 18. The Labute approximate surface area is 375 Å². The maximum Gasteiger partial charge on any atom is 0.264 e. The molecule has 2 amide bonds. The minimum atomic E-state index is -3.47. The molecule has 3 N–H and O–H groups in total. The molecule has 338 valence electrons. The number of benzene rings is 4. The first-order chi connectivity index (χ1) is 30.9. The Morgan fingerprint density at radius 3 is 2.50 bits per heavy atom. The third-order valence-electron chi connectivity index (χ3n) is 13.1.